The second kappa shape index (κ2) is 4.57. The van der Waals surface area contributed by atoms with Crippen LogP contribution in [0.15, 0.2) is 22.9 Å². The van der Waals surface area contributed by atoms with Crippen molar-refractivity contribution in [2.45, 2.75) is 33.1 Å². The minimum Gasteiger partial charge on any atom is -0.322 e. The van der Waals surface area contributed by atoms with Gasteiger partial charge in [0, 0.05) is 23.0 Å². The Morgan fingerprint density at radius 1 is 1.21 bits per heavy atom. The van der Waals surface area contributed by atoms with E-state index in [2.05, 4.69) is 5.32 Å². The lowest BCUT2D eigenvalue weighted by Crippen LogP contribution is -2.35. The van der Waals surface area contributed by atoms with Gasteiger partial charge in [-0.1, -0.05) is 0 Å². The molecular weight excluding hydrogens is 246 g/mol. The van der Waals surface area contributed by atoms with Crippen LogP contribution in [0.3, 0.4) is 0 Å². The highest BCUT2D eigenvalue weighted by Crippen LogP contribution is 2.32. The summed E-state index contributed by atoms with van der Waals surface area (Å²) in [6.07, 6.45) is 3.11. The van der Waals surface area contributed by atoms with Gasteiger partial charge in [-0.2, -0.15) is 0 Å². The van der Waals surface area contributed by atoms with Crippen LogP contribution in [0.25, 0.3) is 0 Å². The molecule has 0 aromatic carbocycles. The molecule has 0 bridgehead atoms. The van der Waals surface area contributed by atoms with Crippen LogP contribution in [0.4, 0.5) is 0 Å². The minimum absolute atomic E-state index is 0.0555. The molecule has 100 valence electrons. The molecule has 0 fully saturated rings. The first-order valence-electron chi connectivity index (χ1n) is 6.17. The maximum atomic E-state index is 12.4. The number of rotatable bonds is 2. The van der Waals surface area contributed by atoms with Gasteiger partial charge in [0.05, 0.1) is 5.70 Å². The Hall–Kier alpha value is -2.04. The largest absolute Gasteiger partial charge is 0.322 e. The monoisotopic (exact) mass is 261 g/mol. The highest BCUT2D eigenvalue weighted by molar-refractivity contribution is 6.25. The van der Waals surface area contributed by atoms with Crippen LogP contribution in [-0.4, -0.2) is 23.8 Å². The Balaban J connectivity index is 2.48. The van der Waals surface area contributed by atoms with Gasteiger partial charge in [-0.05, 0) is 32.8 Å². The van der Waals surface area contributed by atoms with Crippen LogP contribution in [0.5, 0.6) is 0 Å². The molecule has 0 aromatic rings. The Morgan fingerprint density at radius 2 is 1.89 bits per heavy atom. The standard InChI is InChI=1S/C14H15NO4/c1-14(2,7-16)9-6-10(17)8-4-3-5-11(18)15-12(8)13(9)19/h6-7H,3-5H2,1-2H3,(H,15,18). The van der Waals surface area contributed by atoms with Crippen LogP contribution in [0, 0.1) is 5.41 Å². The minimum atomic E-state index is -1.04. The van der Waals surface area contributed by atoms with Crippen LogP contribution < -0.4 is 5.32 Å². The third-order valence-corrected chi connectivity index (χ3v) is 3.43. The highest BCUT2D eigenvalue weighted by Gasteiger charge is 2.37. The summed E-state index contributed by atoms with van der Waals surface area (Å²) < 4.78 is 0. The van der Waals surface area contributed by atoms with Gasteiger partial charge in [-0.25, -0.2) is 0 Å². The quantitative estimate of drug-likeness (QED) is 0.590. The van der Waals surface area contributed by atoms with Crippen molar-refractivity contribution in [2.75, 3.05) is 0 Å². The van der Waals surface area contributed by atoms with Gasteiger partial charge in [0.25, 0.3) is 0 Å². The van der Waals surface area contributed by atoms with Gasteiger partial charge in [-0.3, -0.25) is 14.4 Å². The third-order valence-electron chi connectivity index (χ3n) is 3.43. The average molecular weight is 261 g/mol. The Morgan fingerprint density at radius 3 is 2.53 bits per heavy atom. The van der Waals surface area contributed by atoms with Gasteiger partial charge in [0.2, 0.25) is 11.7 Å². The van der Waals surface area contributed by atoms with Crippen molar-refractivity contribution in [3.8, 4) is 0 Å². The lowest BCUT2D eigenvalue weighted by atomic mass is 9.77. The van der Waals surface area contributed by atoms with E-state index >= 15 is 0 Å². The molecule has 2 aliphatic rings. The molecule has 0 spiro atoms. The second-order valence-corrected chi connectivity index (χ2v) is 5.35. The van der Waals surface area contributed by atoms with E-state index in [1.165, 1.54) is 6.08 Å². The van der Waals surface area contributed by atoms with E-state index in [0.29, 0.717) is 31.1 Å². The zero-order valence-corrected chi connectivity index (χ0v) is 10.9. The zero-order valence-electron chi connectivity index (χ0n) is 10.9. The number of ketones is 2. The fraction of sp³-hybridized carbons (Fsp3) is 0.429. The van der Waals surface area contributed by atoms with E-state index in [0.717, 1.165) is 0 Å². The van der Waals surface area contributed by atoms with Gasteiger partial charge in [0.1, 0.15) is 6.29 Å². The molecular formula is C14H15NO4. The van der Waals surface area contributed by atoms with Gasteiger partial charge < -0.3 is 10.1 Å². The topological polar surface area (TPSA) is 80.3 Å². The number of hydrogen-bond donors (Lipinski definition) is 1. The number of aldehydes is 1. The van der Waals surface area contributed by atoms with E-state index in [9.17, 15) is 19.2 Å². The molecule has 1 N–H and O–H groups in total. The lowest BCUT2D eigenvalue weighted by molar-refractivity contribution is -0.123. The summed E-state index contributed by atoms with van der Waals surface area (Å²) in [7, 11) is 0. The predicted molar refractivity (Wildman–Crippen MR) is 67.0 cm³/mol. The van der Waals surface area contributed by atoms with E-state index in [-0.39, 0.29) is 23.0 Å². The summed E-state index contributed by atoms with van der Waals surface area (Å²) in [4.78, 5) is 47.0. The molecule has 1 aliphatic carbocycles. The lowest BCUT2D eigenvalue weighted by Gasteiger charge is -2.25. The van der Waals surface area contributed by atoms with Crippen molar-refractivity contribution in [1.29, 1.82) is 0 Å². The molecule has 5 heteroatoms. The molecule has 1 aliphatic heterocycles. The summed E-state index contributed by atoms with van der Waals surface area (Å²) in [6, 6.07) is 0. The summed E-state index contributed by atoms with van der Waals surface area (Å²) >= 11 is 0. The third kappa shape index (κ3) is 2.28. The molecule has 0 atom stereocenters. The van der Waals surface area contributed by atoms with Crippen molar-refractivity contribution in [1.82, 2.24) is 5.32 Å². The summed E-state index contributed by atoms with van der Waals surface area (Å²) in [5.74, 6) is -0.986. The Bertz CT molecular complexity index is 552. The first-order chi connectivity index (χ1) is 8.86. The Labute approximate surface area is 110 Å². The molecule has 19 heavy (non-hydrogen) atoms. The SMILES string of the molecule is CC(C)(C=O)C1=CC(=O)C2=C(NC(=O)CCC2)C1=O. The molecule has 5 nitrogen and oxygen atoms in total. The van der Waals surface area contributed by atoms with Crippen molar-refractivity contribution in [2.24, 2.45) is 5.41 Å². The van der Waals surface area contributed by atoms with Crippen LogP contribution in [-0.2, 0) is 19.2 Å². The fourth-order valence-electron chi connectivity index (χ4n) is 2.23. The van der Waals surface area contributed by atoms with Gasteiger partial charge in [-0.15, -0.1) is 0 Å². The maximum absolute atomic E-state index is 12.4. The van der Waals surface area contributed by atoms with E-state index in [1.807, 2.05) is 0 Å². The number of carbonyl (C=O) groups excluding carboxylic acids is 4. The average Bonchev–Trinajstić information content (AvgIpc) is 2.55. The molecule has 0 radical (unpaired) electrons. The van der Waals surface area contributed by atoms with Crippen molar-refractivity contribution in [3.05, 3.63) is 22.9 Å². The van der Waals surface area contributed by atoms with Crippen molar-refractivity contribution in [3.63, 3.8) is 0 Å². The number of Topliss-reactive ketones (excluding diaryl/α,β-unsaturated/α-hetero) is 1. The second-order valence-electron chi connectivity index (χ2n) is 5.35. The van der Waals surface area contributed by atoms with Gasteiger partial charge in [0.15, 0.2) is 5.78 Å². The summed E-state index contributed by atoms with van der Waals surface area (Å²) in [6.45, 7) is 3.14. The van der Waals surface area contributed by atoms with E-state index < -0.39 is 11.2 Å². The smallest absolute Gasteiger partial charge is 0.224 e. The summed E-state index contributed by atoms with van der Waals surface area (Å²) in [5.41, 5.74) is -0.503. The van der Waals surface area contributed by atoms with Crippen LogP contribution >= 0.6 is 0 Å². The van der Waals surface area contributed by atoms with Crippen molar-refractivity contribution >= 4 is 23.8 Å². The number of hydrogen-bond acceptors (Lipinski definition) is 4. The van der Waals surface area contributed by atoms with E-state index in [4.69, 9.17) is 0 Å². The first-order valence-corrected chi connectivity index (χ1v) is 6.17. The molecule has 0 saturated heterocycles. The van der Waals surface area contributed by atoms with Crippen molar-refractivity contribution < 1.29 is 19.2 Å². The van der Waals surface area contributed by atoms with E-state index in [1.54, 1.807) is 13.8 Å². The molecule has 1 heterocycles. The zero-order chi connectivity index (χ0) is 14.2. The number of amides is 1. The molecule has 0 aromatic heterocycles. The molecule has 0 unspecified atom stereocenters. The molecule has 0 saturated carbocycles. The predicted octanol–water partition coefficient (Wildman–Crippen LogP) is 0.844. The van der Waals surface area contributed by atoms with Gasteiger partial charge >= 0.3 is 0 Å². The normalized spacial score (nSPS) is 20.5. The highest BCUT2D eigenvalue weighted by atomic mass is 16.2. The number of allylic oxidation sites excluding steroid dienone is 3. The number of carbonyl (C=O) groups is 4. The van der Waals surface area contributed by atoms with Crippen LogP contribution in [0.2, 0.25) is 0 Å². The van der Waals surface area contributed by atoms with Crippen LogP contribution in [0.1, 0.15) is 33.1 Å². The molecule has 2 rings (SSSR count). The maximum Gasteiger partial charge on any atom is 0.224 e. The Kier molecular flexibility index (Phi) is 3.22. The number of nitrogens with one attached hydrogen (secondary N) is 1. The first kappa shape index (κ1) is 13.4. The summed E-state index contributed by atoms with van der Waals surface area (Å²) in [5, 5.41) is 2.50. The molecule has 1 amide bonds. The fourth-order valence-corrected chi connectivity index (χ4v) is 2.23.